The Hall–Kier alpha value is -2.56. The molecule has 0 aromatic heterocycles. The van der Waals surface area contributed by atoms with Gasteiger partial charge in [0.25, 0.3) is 0 Å². The predicted molar refractivity (Wildman–Crippen MR) is 111 cm³/mol. The molecule has 2 aromatic rings. The summed E-state index contributed by atoms with van der Waals surface area (Å²) in [7, 11) is 3.24. The molecule has 26 heavy (non-hydrogen) atoms. The SMILES string of the molecule is COc1ccc(/C(Cl)=C/C=N\N=C/C=C(\Cl)c2ccc(OC)cc2)cc1. The summed E-state index contributed by atoms with van der Waals surface area (Å²) >= 11 is 12.4. The van der Waals surface area contributed by atoms with Gasteiger partial charge in [-0.15, -0.1) is 0 Å². The van der Waals surface area contributed by atoms with Gasteiger partial charge in [0.2, 0.25) is 0 Å². The van der Waals surface area contributed by atoms with E-state index in [-0.39, 0.29) is 0 Å². The summed E-state index contributed by atoms with van der Waals surface area (Å²) in [6.45, 7) is 0. The fourth-order valence-electron chi connectivity index (χ4n) is 1.97. The molecule has 2 rings (SSSR count). The van der Waals surface area contributed by atoms with Crippen LogP contribution in [0.15, 0.2) is 70.9 Å². The summed E-state index contributed by atoms with van der Waals surface area (Å²) in [6.07, 6.45) is 6.35. The van der Waals surface area contributed by atoms with E-state index in [9.17, 15) is 0 Å². The molecule has 0 aliphatic rings. The van der Waals surface area contributed by atoms with Gasteiger partial charge < -0.3 is 9.47 Å². The van der Waals surface area contributed by atoms with Crippen LogP contribution in [-0.4, -0.2) is 26.6 Å². The molecule has 0 atom stereocenters. The van der Waals surface area contributed by atoms with Crippen LogP contribution >= 0.6 is 23.2 Å². The lowest BCUT2D eigenvalue weighted by Gasteiger charge is -2.01. The van der Waals surface area contributed by atoms with Gasteiger partial charge >= 0.3 is 0 Å². The molecule has 2 aromatic carbocycles. The van der Waals surface area contributed by atoms with E-state index in [1.165, 1.54) is 12.4 Å². The molecule has 0 fully saturated rings. The maximum atomic E-state index is 6.20. The molecule has 0 heterocycles. The normalized spacial score (nSPS) is 12.8. The van der Waals surface area contributed by atoms with E-state index >= 15 is 0 Å². The van der Waals surface area contributed by atoms with E-state index in [1.807, 2.05) is 48.5 Å². The van der Waals surface area contributed by atoms with Gasteiger partial charge in [0.05, 0.1) is 26.6 Å². The first kappa shape index (κ1) is 19.8. The molecule has 0 spiro atoms. The van der Waals surface area contributed by atoms with Gasteiger partial charge in [0, 0.05) is 10.1 Å². The third-order valence-electron chi connectivity index (χ3n) is 3.37. The third kappa shape index (κ3) is 6.06. The van der Waals surface area contributed by atoms with E-state index in [4.69, 9.17) is 32.7 Å². The Bertz CT molecular complexity index is 752. The summed E-state index contributed by atoms with van der Waals surface area (Å²) in [5.74, 6) is 1.55. The lowest BCUT2D eigenvalue weighted by atomic mass is 10.2. The Morgan fingerprint density at radius 1 is 0.692 bits per heavy atom. The van der Waals surface area contributed by atoms with Crippen LogP contribution in [0.1, 0.15) is 11.1 Å². The zero-order chi connectivity index (χ0) is 18.8. The summed E-state index contributed by atoms with van der Waals surface area (Å²) in [4.78, 5) is 0. The second-order valence-corrected chi connectivity index (χ2v) is 5.83. The van der Waals surface area contributed by atoms with Crippen molar-refractivity contribution in [2.24, 2.45) is 10.2 Å². The molecule has 0 unspecified atom stereocenters. The second kappa shape index (κ2) is 10.4. The highest BCUT2D eigenvalue weighted by Crippen LogP contribution is 2.22. The van der Waals surface area contributed by atoms with E-state index in [0.717, 1.165) is 22.6 Å². The number of rotatable bonds is 7. The van der Waals surface area contributed by atoms with Crippen molar-refractivity contribution < 1.29 is 9.47 Å². The van der Waals surface area contributed by atoms with Crippen LogP contribution in [0, 0.1) is 0 Å². The Morgan fingerprint density at radius 3 is 1.35 bits per heavy atom. The van der Waals surface area contributed by atoms with Gasteiger partial charge in [0.15, 0.2) is 0 Å². The molecule has 0 aliphatic carbocycles. The van der Waals surface area contributed by atoms with Crippen LogP contribution < -0.4 is 9.47 Å². The van der Waals surface area contributed by atoms with Gasteiger partial charge in [-0.1, -0.05) is 23.2 Å². The van der Waals surface area contributed by atoms with Gasteiger partial charge in [-0.2, -0.15) is 10.2 Å². The highest BCUT2D eigenvalue weighted by atomic mass is 35.5. The minimum atomic E-state index is 0.554. The van der Waals surface area contributed by atoms with E-state index in [2.05, 4.69) is 10.2 Å². The lowest BCUT2D eigenvalue weighted by Crippen LogP contribution is -1.83. The summed E-state index contributed by atoms with van der Waals surface area (Å²) < 4.78 is 10.2. The van der Waals surface area contributed by atoms with E-state index in [0.29, 0.717) is 10.1 Å². The van der Waals surface area contributed by atoms with Crippen LogP contribution in [0.3, 0.4) is 0 Å². The molecule has 134 valence electrons. The Morgan fingerprint density at radius 2 is 1.04 bits per heavy atom. The van der Waals surface area contributed by atoms with Crippen LogP contribution in [-0.2, 0) is 0 Å². The number of hydrogen-bond acceptors (Lipinski definition) is 4. The third-order valence-corrected chi connectivity index (χ3v) is 4.06. The molecule has 0 radical (unpaired) electrons. The Balaban J connectivity index is 1.93. The van der Waals surface area contributed by atoms with Gasteiger partial charge in [-0.05, 0) is 71.8 Å². The summed E-state index contributed by atoms with van der Waals surface area (Å²) in [6, 6.07) is 14.8. The average molecular weight is 389 g/mol. The lowest BCUT2D eigenvalue weighted by molar-refractivity contribution is 0.414. The number of halogens is 2. The first-order valence-electron chi connectivity index (χ1n) is 7.71. The average Bonchev–Trinajstić information content (AvgIpc) is 2.70. The zero-order valence-electron chi connectivity index (χ0n) is 14.4. The van der Waals surface area contributed by atoms with Gasteiger partial charge in [-0.25, -0.2) is 0 Å². The largest absolute Gasteiger partial charge is 0.497 e. The number of benzene rings is 2. The van der Waals surface area contributed by atoms with Gasteiger partial charge in [0.1, 0.15) is 11.5 Å². The van der Waals surface area contributed by atoms with Crippen LogP contribution in [0.25, 0.3) is 10.1 Å². The van der Waals surface area contributed by atoms with Crippen molar-refractivity contribution >= 4 is 45.7 Å². The number of nitrogens with zero attached hydrogens (tertiary/aromatic N) is 2. The molecule has 4 nitrogen and oxygen atoms in total. The Kier molecular flexibility index (Phi) is 7.93. The highest BCUT2D eigenvalue weighted by Gasteiger charge is 1.98. The number of allylic oxidation sites excluding steroid dienone is 2. The minimum absolute atomic E-state index is 0.554. The molecule has 0 bridgehead atoms. The van der Waals surface area contributed by atoms with Gasteiger partial charge in [-0.3, -0.25) is 0 Å². The second-order valence-electron chi connectivity index (χ2n) is 5.02. The maximum absolute atomic E-state index is 6.20. The standard InChI is InChI=1S/C20H18Cl2N2O2/c1-25-17-7-3-15(4-8-17)19(21)11-13-23-24-14-12-20(22)16-5-9-18(26-2)10-6-16/h3-14H,1-2H3/b19-11-,20-12-,23-13-,24-14-. The summed E-state index contributed by atoms with van der Waals surface area (Å²) in [5.41, 5.74) is 1.73. The molecule has 0 saturated heterocycles. The van der Waals surface area contributed by atoms with Crippen molar-refractivity contribution in [3.05, 3.63) is 71.8 Å². The summed E-state index contributed by atoms with van der Waals surface area (Å²) in [5, 5.41) is 8.91. The van der Waals surface area contributed by atoms with Crippen molar-refractivity contribution in [3.63, 3.8) is 0 Å². The first-order chi connectivity index (χ1) is 12.6. The van der Waals surface area contributed by atoms with Crippen molar-refractivity contribution in [1.29, 1.82) is 0 Å². The molecule has 0 N–H and O–H groups in total. The number of methoxy groups -OCH3 is 2. The molecule has 0 amide bonds. The molecule has 6 heteroatoms. The minimum Gasteiger partial charge on any atom is -0.497 e. The number of hydrogen-bond donors (Lipinski definition) is 0. The monoisotopic (exact) mass is 388 g/mol. The van der Waals surface area contributed by atoms with Crippen LogP contribution in [0.5, 0.6) is 11.5 Å². The molecular formula is C20H18Cl2N2O2. The molecule has 0 aliphatic heterocycles. The predicted octanol–water partition coefficient (Wildman–Crippen LogP) is 5.62. The maximum Gasteiger partial charge on any atom is 0.118 e. The quantitative estimate of drug-likeness (QED) is 0.456. The number of ether oxygens (including phenoxy) is 2. The fourth-order valence-corrected chi connectivity index (χ4v) is 2.33. The van der Waals surface area contributed by atoms with Crippen molar-refractivity contribution in [1.82, 2.24) is 0 Å². The van der Waals surface area contributed by atoms with Crippen molar-refractivity contribution in [2.45, 2.75) is 0 Å². The molecule has 0 saturated carbocycles. The van der Waals surface area contributed by atoms with E-state index in [1.54, 1.807) is 26.4 Å². The van der Waals surface area contributed by atoms with Crippen molar-refractivity contribution in [2.75, 3.05) is 14.2 Å². The molecular weight excluding hydrogens is 371 g/mol. The zero-order valence-corrected chi connectivity index (χ0v) is 15.9. The Labute approximate surface area is 163 Å². The van der Waals surface area contributed by atoms with E-state index < -0.39 is 0 Å². The van der Waals surface area contributed by atoms with Crippen LogP contribution in [0.2, 0.25) is 0 Å². The smallest absolute Gasteiger partial charge is 0.118 e. The van der Waals surface area contributed by atoms with Crippen molar-refractivity contribution in [3.8, 4) is 11.5 Å². The highest BCUT2D eigenvalue weighted by molar-refractivity contribution is 6.50. The fraction of sp³-hybridized carbons (Fsp3) is 0.100. The topological polar surface area (TPSA) is 43.2 Å². The first-order valence-corrected chi connectivity index (χ1v) is 8.46. The van der Waals surface area contributed by atoms with Crippen LogP contribution in [0.4, 0.5) is 0 Å².